The summed E-state index contributed by atoms with van der Waals surface area (Å²) in [5.41, 5.74) is 2.91. The highest BCUT2D eigenvalue weighted by Gasteiger charge is 2.29. The first-order valence-electron chi connectivity index (χ1n) is 7.92. The monoisotopic (exact) mass is 259 g/mol. The SMILES string of the molecule is CCC1CCC(C(NC)c2ccc(C(C)C)cc2)C1. The number of rotatable bonds is 5. The van der Waals surface area contributed by atoms with Gasteiger partial charge in [0, 0.05) is 6.04 Å². The maximum atomic E-state index is 3.55. The van der Waals surface area contributed by atoms with E-state index in [-0.39, 0.29) is 0 Å². The molecule has 1 nitrogen and oxygen atoms in total. The summed E-state index contributed by atoms with van der Waals surface area (Å²) in [5, 5.41) is 3.55. The molecule has 1 heteroatoms. The lowest BCUT2D eigenvalue weighted by Crippen LogP contribution is -2.23. The van der Waals surface area contributed by atoms with Crippen molar-refractivity contribution in [1.29, 1.82) is 0 Å². The van der Waals surface area contributed by atoms with Crippen molar-refractivity contribution in [3.63, 3.8) is 0 Å². The average Bonchev–Trinajstić information content (AvgIpc) is 2.89. The Morgan fingerprint density at radius 2 is 1.74 bits per heavy atom. The summed E-state index contributed by atoms with van der Waals surface area (Å²) in [7, 11) is 2.11. The third kappa shape index (κ3) is 3.39. The zero-order chi connectivity index (χ0) is 13.8. The Morgan fingerprint density at radius 3 is 2.21 bits per heavy atom. The fourth-order valence-corrected chi connectivity index (χ4v) is 3.55. The van der Waals surface area contributed by atoms with Gasteiger partial charge >= 0.3 is 0 Å². The van der Waals surface area contributed by atoms with Crippen molar-refractivity contribution >= 4 is 0 Å². The number of nitrogens with one attached hydrogen (secondary N) is 1. The molecule has 1 aromatic carbocycles. The van der Waals surface area contributed by atoms with Crippen molar-refractivity contribution < 1.29 is 0 Å². The lowest BCUT2D eigenvalue weighted by molar-refractivity contribution is 0.372. The average molecular weight is 259 g/mol. The highest BCUT2D eigenvalue weighted by Crippen LogP contribution is 2.40. The Morgan fingerprint density at radius 1 is 1.11 bits per heavy atom. The van der Waals surface area contributed by atoms with Crippen molar-refractivity contribution in [1.82, 2.24) is 5.32 Å². The van der Waals surface area contributed by atoms with E-state index in [1.807, 2.05) is 0 Å². The van der Waals surface area contributed by atoms with Crippen molar-refractivity contribution in [3.8, 4) is 0 Å². The van der Waals surface area contributed by atoms with Gasteiger partial charge < -0.3 is 5.32 Å². The molecule has 1 aromatic rings. The minimum absolute atomic E-state index is 0.540. The van der Waals surface area contributed by atoms with Gasteiger partial charge in [0.05, 0.1) is 0 Å². The van der Waals surface area contributed by atoms with Crippen LogP contribution in [-0.2, 0) is 0 Å². The van der Waals surface area contributed by atoms with Gasteiger partial charge in [0.1, 0.15) is 0 Å². The van der Waals surface area contributed by atoms with E-state index >= 15 is 0 Å². The molecule has 0 radical (unpaired) electrons. The fraction of sp³-hybridized carbons (Fsp3) is 0.667. The number of benzene rings is 1. The van der Waals surface area contributed by atoms with Crippen LogP contribution in [0.15, 0.2) is 24.3 Å². The van der Waals surface area contributed by atoms with Gasteiger partial charge in [-0.3, -0.25) is 0 Å². The normalized spacial score (nSPS) is 24.9. The molecule has 0 aliphatic heterocycles. The maximum absolute atomic E-state index is 3.55. The van der Waals surface area contributed by atoms with Crippen LogP contribution < -0.4 is 5.32 Å². The topological polar surface area (TPSA) is 12.0 Å². The first kappa shape index (κ1) is 14.6. The molecule has 0 saturated heterocycles. The van der Waals surface area contributed by atoms with Crippen LogP contribution >= 0.6 is 0 Å². The van der Waals surface area contributed by atoms with Crippen LogP contribution in [-0.4, -0.2) is 7.05 Å². The molecule has 1 fully saturated rings. The Hall–Kier alpha value is -0.820. The standard InChI is InChI=1S/C18H29N/c1-5-14-6-7-17(12-14)18(19-4)16-10-8-15(9-11-16)13(2)3/h8-11,13-14,17-19H,5-7,12H2,1-4H3. The molecule has 1 saturated carbocycles. The quantitative estimate of drug-likeness (QED) is 0.793. The van der Waals surface area contributed by atoms with Crippen LogP contribution in [0.5, 0.6) is 0 Å². The van der Waals surface area contributed by atoms with Crippen LogP contribution in [0.1, 0.15) is 69.5 Å². The molecule has 106 valence electrons. The summed E-state index contributed by atoms with van der Waals surface area (Å²) in [6.07, 6.45) is 5.55. The first-order chi connectivity index (χ1) is 9.15. The summed E-state index contributed by atoms with van der Waals surface area (Å²) in [6.45, 7) is 6.85. The zero-order valence-electron chi connectivity index (χ0n) is 12.9. The molecule has 1 aliphatic carbocycles. The predicted octanol–water partition coefficient (Wildman–Crippen LogP) is 4.90. The van der Waals surface area contributed by atoms with Crippen molar-refractivity contribution in [3.05, 3.63) is 35.4 Å². The minimum atomic E-state index is 0.540. The molecule has 0 spiro atoms. The van der Waals surface area contributed by atoms with E-state index in [1.54, 1.807) is 0 Å². The molecule has 3 atom stereocenters. The van der Waals surface area contributed by atoms with Crippen molar-refractivity contribution in [2.75, 3.05) is 7.05 Å². The smallest absolute Gasteiger partial charge is 0.0346 e. The van der Waals surface area contributed by atoms with Gasteiger partial charge in [0.15, 0.2) is 0 Å². The lowest BCUT2D eigenvalue weighted by atomic mass is 9.89. The van der Waals surface area contributed by atoms with Crippen LogP contribution in [0.4, 0.5) is 0 Å². The second-order valence-corrected chi connectivity index (χ2v) is 6.44. The lowest BCUT2D eigenvalue weighted by Gasteiger charge is -2.24. The van der Waals surface area contributed by atoms with E-state index in [1.165, 1.54) is 36.8 Å². The molecular formula is C18H29N. The predicted molar refractivity (Wildman–Crippen MR) is 83.5 cm³/mol. The van der Waals surface area contributed by atoms with Gasteiger partial charge in [0.2, 0.25) is 0 Å². The summed E-state index contributed by atoms with van der Waals surface area (Å²) in [5.74, 6) is 2.40. The molecule has 19 heavy (non-hydrogen) atoms. The summed E-state index contributed by atoms with van der Waals surface area (Å²) in [6, 6.07) is 9.80. The molecule has 1 aliphatic rings. The molecule has 0 amide bonds. The van der Waals surface area contributed by atoms with Crippen molar-refractivity contribution in [2.45, 2.75) is 58.4 Å². The highest BCUT2D eigenvalue weighted by atomic mass is 14.9. The van der Waals surface area contributed by atoms with Crippen LogP contribution in [0.3, 0.4) is 0 Å². The second kappa shape index (κ2) is 6.56. The van der Waals surface area contributed by atoms with Crippen molar-refractivity contribution in [2.24, 2.45) is 11.8 Å². The fourth-order valence-electron chi connectivity index (χ4n) is 3.55. The van der Waals surface area contributed by atoms with E-state index in [4.69, 9.17) is 0 Å². The number of hydrogen-bond donors (Lipinski definition) is 1. The highest BCUT2D eigenvalue weighted by molar-refractivity contribution is 5.27. The van der Waals surface area contributed by atoms with E-state index in [0.717, 1.165) is 11.8 Å². The summed E-state index contributed by atoms with van der Waals surface area (Å²) >= 11 is 0. The molecule has 0 bridgehead atoms. The van der Waals surface area contributed by atoms with Gasteiger partial charge in [-0.15, -0.1) is 0 Å². The molecule has 0 heterocycles. The van der Waals surface area contributed by atoms with Gasteiger partial charge in [-0.25, -0.2) is 0 Å². The largest absolute Gasteiger partial charge is 0.313 e. The zero-order valence-corrected chi connectivity index (χ0v) is 12.9. The first-order valence-corrected chi connectivity index (χ1v) is 7.92. The van der Waals surface area contributed by atoms with E-state index in [2.05, 4.69) is 57.4 Å². The second-order valence-electron chi connectivity index (χ2n) is 6.44. The Kier molecular flexibility index (Phi) is 5.04. The Balaban J connectivity index is 2.09. The number of hydrogen-bond acceptors (Lipinski definition) is 1. The van der Waals surface area contributed by atoms with Gasteiger partial charge in [-0.1, -0.05) is 57.9 Å². The van der Waals surface area contributed by atoms with Crippen LogP contribution in [0.2, 0.25) is 0 Å². The van der Waals surface area contributed by atoms with Gasteiger partial charge in [-0.2, -0.15) is 0 Å². The van der Waals surface area contributed by atoms with E-state index in [0.29, 0.717) is 12.0 Å². The van der Waals surface area contributed by atoms with Crippen LogP contribution in [0.25, 0.3) is 0 Å². The Bertz CT molecular complexity index is 379. The van der Waals surface area contributed by atoms with E-state index in [9.17, 15) is 0 Å². The van der Waals surface area contributed by atoms with E-state index < -0.39 is 0 Å². The minimum Gasteiger partial charge on any atom is -0.313 e. The molecular weight excluding hydrogens is 230 g/mol. The molecule has 3 unspecified atom stereocenters. The summed E-state index contributed by atoms with van der Waals surface area (Å²) < 4.78 is 0. The van der Waals surface area contributed by atoms with Crippen LogP contribution in [0, 0.1) is 11.8 Å². The molecule has 2 rings (SSSR count). The third-order valence-electron chi connectivity index (χ3n) is 4.90. The Labute approximate surface area is 118 Å². The molecule has 0 aromatic heterocycles. The van der Waals surface area contributed by atoms with Gasteiger partial charge in [0.25, 0.3) is 0 Å². The third-order valence-corrected chi connectivity index (χ3v) is 4.90. The molecule has 1 N–H and O–H groups in total. The van der Waals surface area contributed by atoms with Gasteiger partial charge in [-0.05, 0) is 48.8 Å². The summed E-state index contributed by atoms with van der Waals surface area (Å²) in [4.78, 5) is 0. The maximum Gasteiger partial charge on any atom is 0.0346 e.